The molecule has 4 nitrogen and oxygen atoms in total. The van der Waals surface area contributed by atoms with Crippen molar-refractivity contribution >= 4 is 15.7 Å². The maximum Gasteiger partial charge on any atom is 0.243 e. The molecule has 7 heteroatoms. The van der Waals surface area contributed by atoms with Crippen LogP contribution in [0.1, 0.15) is 11.1 Å². The van der Waals surface area contributed by atoms with E-state index in [4.69, 9.17) is 5.73 Å². The molecule has 21 heavy (non-hydrogen) atoms. The summed E-state index contributed by atoms with van der Waals surface area (Å²) in [7, 11) is -4.07. The minimum Gasteiger partial charge on any atom is -0.399 e. The molecule has 0 radical (unpaired) electrons. The Bertz CT molecular complexity index is 777. The quantitative estimate of drug-likeness (QED) is 0.851. The van der Waals surface area contributed by atoms with Crippen LogP contribution in [0.15, 0.2) is 41.3 Å². The number of hydrogen-bond acceptors (Lipinski definition) is 3. The number of rotatable bonds is 4. The van der Waals surface area contributed by atoms with E-state index in [1.54, 1.807) is 6.07 Å². The van der Waals surface area contributed by atoms with Gasteiger partial charge in [0.05, 0.1) is 0 Å². The van der Waals surface area contributed by atoms with Crippen LogP contribution in [0.5, 0.6) is 0 Å². The summed E-state index contributed by atoms with van der Waals surface area (Å²) < 4.78 is 53.4. The number of nitrogens with one attached hydrogen (secondary N) is 1. The van der Waals surface area contributed by atoms with Gasteiger partial charge in [-0.05, 0) is 42.3 Å². The molecule has 0 aromatic heterocycles. The first-order chi connectivity index (χ1) is 9.79. The van der Waals surface area contributed by atoms with Crippen LogP contribution >= 0.6 is 0 Å². The molecule has 0 bridgehead atoms. The second-order valence-corrected chi connectivity index (χ2v) is 6.34. The van der Waals surface area contributed by atoms with Crippen molar-refractivity contribution in [3.05, 3.63) is 59.2 Å². The number of hydrogen-bond donors (Lipinski definition) is 2. The van der Waals surface area contributed by atoms with Crippen LogP contribution in [-0.4, -0.2) is 8.42 Å². The maximum absolute atomic E-state index is 13.9. The normalized spacial score (nSPS) is 11.6. The number of nitrogens with two attached hydrogens (primary N) is 1. The SMILES string of the molecule is Cc1cc(N)cc(S(=O)(=O)NCc2cccc(F)c2)c1F. The van der Waals surface area contributed by atoms with Gasteiger partial charge in [0.15, 0.2) is 0 Å². The van der Waals surface area contributed by atoms with Crippen molar-refractivity contribution in [2.24, 2.45) is 0 Å². The molecular formula is C14H14F2N2O2S. The zero-order chi connectivity index (χ0) is 15.6. The Hall–Kier alpha value is -1.99. The summed E-state index contributed by atoms with van der Waals surface area (Å²) in [4.78, 5) is -0.517. The van der Waals surface area contributed by atoms with Crippen molar-refractivity contribution in [1.82, 2.24) is 4.72 Å². The van der Waals surface area contributed by atoms with E-state index in [9.17, 15) is 17.2 Å². The highest BCUT2D eigenvalue weighted by atomic mass is 32.2. The van der Waals surface area contributed by atoms with Crippen molar-refractivity contribution in [3.8, 4) is 0 Å². The van der Waals surface area contributed by atoms with Crippen molar-refractivity contribution in [2.45, 2.75) is 18.4 Å². The minimum atomic E-state index is -4.07. The van der Waals surface area contributed by atoms with Crippen molar-refractivity contribution in [2.75, 3.05) is 5.73 Å². The van der Waals surface area contributed by atoms with Crippen LogP contribution < -0.4 is 10.5 Å². The van der Waals surface area contributed by atoms with Crippen molar-refractivity contribution in [1.29, 1.82) is 0 Å². The second kappa shape index (κ2) is 5.79. The van der Waals surface area contributed by atoms with Gasteiger partial charge in [0.25, 0.3) is 0 Å². The van der Waals surface area contributed by atoms with E-state index in [2.05, 4.69) is 4.72 Å². The Morgan fingerprint density at radius 2 is 1.90 bits per heavy atom. The Morgan fingerprint density at radius 1 is 1.19 bits per heavy atom. The number of halogens is 2. The van der Waals surface area contributed by atoms with Gasteiger partial charge in [-0.3, -0.25) is 0 Å². The summed E-state index contributed by atoms with van der Waals surface area (Å²) in [6, 6.07) is 7.87. The predicted octanol–water partition coefficient (Wildman–Crippen LogP) is 2.33. The highest BCUT2D eigenvalue weighted by Crippen LogP contribution is 2.21. The minimum absolute atomic E-state index is 0.140. The molecule has 0 aliphatic rings. The van der Waals surface area contributed by atoms with E-state index in [0.29, 0.717) is 5.56 Å². The summed E-state index contributed by atoms with van der Waals surface area (Å²) >= 11 is 0. The van der Waals surface area contributed by atoms with Crippen molar-refractivity contribution in [3.63, 3.8) is 0 Å². The lowest BCUT2D eigenvalue weighted by molar-refractivity contribution is 0.552. The van der Waals surface area contributed by atoms with E-state index in [1.165, 1.54) is 31.2 Å². The van der Waals surface area contributed by atoms with Crippen LogP contribution in [0.4, 0.5) is 14.5 Å². The molecule has 3 N–H and O–H groups in total. The molecule has 0 saturated carbocycles. The average Bonchev–Trinajstić information content (AvgIpc) is 2.41. The van der Waals surface area contributed by atoms with Crippen molar-refractivity contribution < 1.29 is 17.2 Å². The predicted molar refractivity (Wildman–Crippen MR) is 76.0 cm³/mol. The fourth-order valence-electron chi connectivity index (χ4n) is 1.86. The number of aryl methyl sites for hydroxylation is 1. The standard InChI is InChI=1S/C14H14F2N2O2S/c1-9-5-12(17)7-13(14(9)16)21(19,20)18-8-10-3-2-4-11(15)6-10/h2-7,18H,8,17H2,1H3. The molecule has 2 rings (SSSR count). The molecule has 0 atom stereocenters. The maximum atomic E-state index is 13.9. The molecule has 0 fully saturated rings. The summed E-state index contributed by atoms with van der Waals surface area (Å²) in [5, 5.41) is 0. The summed E-state index contributed by atoms with van der Waals surface area (Å²) in [6.45, 7) is 1.28. The largest absolute Gasteiger partial charge is 0.399 e. The van der Waals surface area contributed by atoms with Gasteiger partial charge in [-0.1, -0.05) is 12.1 Å². The molecule has 0 saturated heterocycles. The highest BCUT2D eigenvalue weighted by Gasteiger charge is 2.21. The molecule has 0 aliphatic carbocycles. The third kappa shape index (κ3) is 3.56. The van der Waals surface area contributed by atoms with E-state index >= 15 is 0 Å². The van der Waals surface area contributed by atoms with Crippen LogP contribution in [0, 0.1) is 18.6 Å². The molecule has 0 heterocycles. The third-order valence-electron chi connectivity index (χ3n) is 2.89. The van der Waals surface area contributed by atoms with E-state index in [0.717, 1.165) is 6.07 Å². The van der Waals surface area contributed by atoms with Gasteiger partial charge in [-0.15, -0.1) is 0 Å². The van der Waals surface area contributed by atoms with Crippen LogP contribution in [0.3, 0.4) is 0 Å². The lowest BCUT2D eigenvalue weighted by atomic mass is 10.2. The van der Waals surface area contributed by atoms with E-state index in [1.807, 2.05) is 0 Å². The lowest BCUT2D eigenvalue weighted by Crippen LogP contribution is -2.24. The fourth-order valence-corrected chi connectivity index (χ4v) is 3.06. The van der Waals surface area contributed by atoms with Gasteiger partial charge in [0.2, 0.25) is 10.0 Å². The number of benzene rings is 2. The van der Waals surface area contributed by atoms with Gasteiger partial charge in [-0.25, -0.2) is 21.9 Å². The molecule has 0 aliphatic heterocycles. The third-order valence-corrected chi connectivity index (χ3v) is 4.29. The molecule has 2 aromatic carbocycles. The summed E-state index contributed by atoms with van der Waals surface area (Å²) in [5.74, 6) is -1.33. The molecule has 112 valence electrons. The smallest absolute Gasteiger partial charge is 0.243 e. The highest BCUT2D eigenvalue weighted by molar-refractivity contribution is 7.89. The second-order valence-electron chi connectivity index (χ2n) is 4.60. The number of nitrogen functional groups attached to an aromatic ring is 1. The number of sulfonamides is 1. The Balaban J connectivity index is 2.27. The van der Waals surface area contributed by atoms with E-state index < -0.39 is 26.6 Å². The zero-order valence-electron chi connectivity index (χ0n) is 11.2. The summed E-state index contributed by atoms with van der Waals surface area (Å²) in [6.07, 6.45) is 0. The summed E-state index contributed by atoms with van der Waals surface area (Å²) in [5.41, 5.74) is 6.27. The van der Waals surface area contributed by atoms with Gasteiger partial charge < -0.3 is 5.73 Å². The Morgan fingerprint density at radius 3 is 2.57 bits per heavy atom. The molecule has 0 amide bonds. The fraction of sp³-hybridized carbons (Fsp3) is 0.143. The Labute approximate surface area is 121 Å². The molecule has 0 unspecified atom stereocenters. The molecule has 2 aromatic rings. The van der Waals surface area contributed by atoms with Gasteiger partial charge in [-0.2, -0.15) is 0 Å². The Kier molecular flexibility index (Phi) is 4.24. The lowest BCUT2D eigenvalue weighted by Gasteiger charge is -2.10. The van der Waals surface area contributed by atoms with Gasteiger partial charge in [0, 0.05) is 12.2 Å². The van der Waals surface area contributed by atoms with Gasteiger partial charge >= 0.3 is 0 Å². The average molecular weight is 312 g/mol. The monoisotopic (exact) mass is 312 g/mol. The van der Waals surface area contributed by atoms with Crippen LogP contribution in [-0.2, 0) is 16.6 Å². The first kappa shape index (κ1) is 15.4. The van der Waals surface area contributed by atoms with Crippen LogP contribution in [0.25, 0.3) is 0 Å². The zero-order valence-corrected chi connectivity index (χ0v) is 12.0. The first-order valence-corrected chi connectivity index (χ1v) is 7.57. The topological polar surface area (TPSA) is 72.2 Å². The van der Waals surface area contributed by atoms with E-state index in [-0.39, 0.29) is 17.8 Å². The molecular weight excluding hydrogens is 298 g/mol. The first-order valence-electron chi connectivity index (χ1n) is 6.09. The molecule has 0 spiro atoms. The number of anilines is 1. The van der Waals surface area contributed by atoms with Gasteiger partial charge in [0.1, 0.15) is 16.5 Å². The van der Waals surface area contributed by atoms with Crippen LogP contribution in [0.2, 0.25) is 0 Å².